The zero-order valence-electron chi connectivity index (χ0n) is 16.8. The van der Waals surface area contributed by atoms with E-state index < -0.39 is 10.0 Å². The van der Waals surface area contributed by atoms with Gasteiger partial charge in [0.2, 0.25) is 21.7 Å². The standard InChI is InChI=1S/C20H23N5O4S/c1-28-16-7-5-14(6-8-16)13-25-11-3-4-17(25)20-22-19(23-29-20)15-9-10-21-18(12-15)24-30(2,26)27/h5-10,12,17H,3-4,11,13H2,1-2H3,(H,21,24). The van der Waals surface area contributed by atoms with E-state index in [4.69, 9.17) is 9.26 Å². The number of sulfonamides is 1. The lowest BCUT2D eigenvalue weighted by Crippen LogP contribution is -2.23. The van der Waals surface area contributed by atoms with Crippen LogP contribution in [-0.2, 0) is 16.6 Å². The smallest absolute Gasteiger partial charge is 0.244 e. The van der Waals surface area contributed by atoms with Gasteiger partial charge in [-0.15, -0.1) is 0 Å². The Labute approximate surface area is 175 Å². The van der Waals surface area contributed by atoms with Crippen molar-refractivity contribution in [2.45, 2.75) is 25.4 Å². The normalized spacial score (nSPS) is 17.2. The topological polar surface area (TPSA) is 110 Å². The van der Waals surface area contributed by atoms with Crippen LogP contribution in [0.3, 0.4) is 0 Å². The summed E-state index contributed by atoms with van der Waals surface area (Å²) >= 11 is 0. The summed E-state index contributed by atoms with van der Waals surface area (Å²) in [5.74, 6) is 2.01. The minimum atomic E-state index is -3.42. The van der Waals surface area contributed by atoms with Gasteiger partial charge >= 0.3 is 0 Å². The minimum absolute atomic E-state index is 0.0452. The van der Waals surface area contributed by atoms with Gasteiger partial charge in [0.15, 0.2) is 0 Å². The van der Waals surface area contributed by atoms with Crippen LogP contribution in [0.4, 0.5) is 5.82 Å². The number of hydrogen-bond donors (Lipinski definition) is 1. The highest BCUT2D eigenvalue weighted by atomic mass is 32.2. The van der Waals surface area contributed by atoms with Crippen LogP contribution in [0, 0.1) is 0 Å². The molecule has 30 heavy (non-hydrogen) atoms. The number of rotatable bonds is 7. The van der Waals surface area contributed by atoms with Crippen molar-refractivity contribution in [3.63, 3.8) is 0 Å². The van der Waals surface area contributed by atoms with Crippen LogP contribution in [0.25, 0.3) is 11.4 Å². The molecule has 1 saturated heterocycles. The lowest BCUT2D eigenvalue weighted by molar-refractivity contribution is 0.201. The van der Waals surface area contributed by atoms with E-state index in [1.165, 1.54) is 11.8 Å². The Bertz CT molecular complexity index is 1110. The highest BCUT2D eigenvalue weighted by Crippen LogP contribution is 2.33. The average molecular weight is 430 g/mol. The number of pyridine rings is 1. The molecule has 3 heterocycles. The molecule has 0 saturated carbocycles. The van der Waals surface area contributed by atoms with Crippen LogP contribution in [0.15, 0.2) is 47.1 Å². The van der Waals surface area contributed by atoms with E-state index in [1.807, 2.05) is 12.1 Å². The van der Waals surface area contributed by atoms with Crippen molar-refractivity contribution in [1.82, 2.24) is 20.0 Å². The second-order valence-corrected chi connectivity index (χ2v) is 8.99. The Hall–Kier alpha value is -2.98. The van der Waals surface area contributed by atoms with Crippen molar-refractivity contribution in [3.8, 4) is 17.1 Å². The van der Waals surface area contributed by atoms with E-state index in [2.05, 4.69) is 36.9 Å². The van der Waals surface area contributed by atoms with Crippen LogP contribution in [0.2, 0.25) is 0 Å². The fraction of sp³-hybridized carbons (Fsp3) is 0.350. The van der Waals surface area contributed by atoms with Crippen molar-refractivity contribution in [3.05, 3.63) is 54.0 Å². The first-order valence-electron chi connectivity index (χ1n) is 9.56. The van der Waals surface area contributed by atoms with Crippen molar-refractivity contribution < 1.29 is 17.7 Å². The molecule has 1 atom stereocenters. The van der Waals surface area contributed by atoms with Crippen molar-refractivity contribution in [2.75, 3.05) is 24.6 Å². The number of anilines is 1. The number of benzene rings is 1. The Kier molecular flexibility index (Phi) is 5.69. The Morgan fingerprint density at radius 2 is 2.07 bits per heavy atom. The Balaban J connectivity index is 1.50. The monoisotopic (exact) mass is 429 g/mol. The van der Waals surface area contributed by atoms with Gasteiger partial charge in [0.05, 0.1) is 19.4 Å². The summed E-state index contributed by atoms with van der Waals surface area (Å²) in [6, 6.07) is 11.4. The summed E-state index contributed by atoms with van der Waals surface area (Å²) in [7, 11) is -1.76. The predicted octanol–water partition coefficient (Wildman–Crippen LogP) is 2.85. The van der Waals surface area contributed by atoms with Gasteiger partial charge in [-0.3, -0.25) is 9.62 Å². The minimum Gasteiger partial charge on any atom is -0.497 e. The molecule has 10 heteroatoms. The Morgan fingerprint density at radius 3 is 2.80 bits per heavy atom. The van der Waals surface area contributed by atoms with E-state index >= 15 is 0 Å². The van der Waals surface area contributed by atoms with Crippen LogP contribution in [0.1, 0.15) is 30.3 Å². The van der Waals surface area contributed by atoms with Gasteiger partial charge in [-0.25, -0.2) is 13.4 Å². The molecule has 1 unspecified atom stereocenters. The summed E-state index contributed by atoms with van der Waals surface area (Å²) in [4.78, 5) is 10.9. The van der Waals surface area contributed by atoms with Crippen molar-refractivity contribution in [1.29, 1.82) is 0 Å². The third-order valence-electron chi connectivity index (χ3n) is 4.94. The second kappa shape index (κ2) is 8.41. The summed E-state index contributed by atoms with van der Waals surface area (Å²) in [5.41, 5.74) is 1.82. The molecule has 1 aliphatic heterocycles. The molecule has 1 fully saturated rings. The van der Waals surface area contributed by atoms with Gasteiger partial charge in [0.25, 0.3) is 0 Å². The van der Waals surface area contributed by atoms with Crippen molar-refractivity contribution >= 4 is 15.8 Å². The first kappa shape index (κ1) is 20.3. The number of hydrogen-bond acceptors (Lipinski definition) is 8. The molecule has 1 aliphatic rings. The Morgan fingerprint density at radius 1 is 1.27 bits per heavy atom. The number of likely N-dealkylation sites (tertiary alicyclic amines) is 1. The molecule has 1 aromatic carbocycles. The largest absolute Gasteiger partial charge is 0.497 e. The van der Waals surface area contributed by atoms with Crippen molar-refractivity contribution in [2.24, 2.45) is 0 Å². The van der Waals surface area contributed by atoms with Gasteiger partial charge in [0.1, 0.15) is 11.6 Å². The van der Waals surface area contributed by atoms with E-state index in [0.717, 1.165) is 37.9 Å². The molecule has 3 aromatic rings. The molecule has 0 bridgehead atoms. The van der Waals surface area contributed by atoms with Crippen LogP contribution in [-0.4, -0.2) is 48.4 Å². The molecule has 0 radical (unpaired) electrons. The van der Waals surface area contributed by atoms with E-state index in [9.17, 15) is 8.42 Å². The maximum atomic E-state index is 11.4. The third-order valence-corrected chi connectivity index (χ3v) is 5.52. The van der Waals surface area contributed by atoms with Crippen LogP contribution in [0.5, 0.6) is 5.75 Å². The molecule has 2 aromatic heterocycles. The fourth-order valence-electron chi connectivity index (χ4n) is 3.56. The SMILES string of the molecule is COc1ccc(CN2CCCC2c2nc(-c3ccnc(NS(C)(=O)=O)c3)no2)cc1. The molecule has 4 rings (SSSR count). The lowest BCUT2D eigenvalue weighted by Gasteiger charge is -2.21. The molecule has 158 valence electrons. The quantitative estimate of drug-likeness (QED) is 0.610. The second-order valence-electron chi connectivity index (χ2n) is 7.24. The number of methoxy groups -OCH3 is 1. The molecule has 1 N–H and O–H groups in total. The molecular formula is C20H23N5O4S. The number of ether oxygens (including phenoxy) is 1. The number of aromatic nitrogens is 3. The zero-order chi connectivity index (χ0) is 21.1. The van der Waals surface area contributed by atoms with Crippen LogP contribution >= 0.6 is 0 Å². The summed E-state index contributed by atoms with van der Waals surface area (Å²) in [6.45, 7) is 1.73. The highest BCUT2D eigenvalue weighted by molar-refractivity contribution is 7.92. The first-order chi connectivity index (χ1) is 14.4. The van der Waals surface area contributed by atoms with E-state index in [1.54, 1.807) is 19.2 Å². The summed E-state index contributed by atoms with van der Waals surface area (Å²) in [6.07, 6.45) is 4.57. The zero-order valence-corrected chi connectivity index (χ0v) is 17.6. The lowest BCUT2D eigenvalue weighted by atomic mass is 10.1. The highest BCUT2D eigenvalue weighted by Gasteiger charge is 2.30. The van der Waals surface area contributed by atoms with Gasteiger partial charge in [0, 0.05) is 18.3 Å². The average Bonchev–Trinajstić information content (AvgIpc) is 3.37. The van der Waals surface area contributed by atoms with Gasteiger partial charge < -0.3 is 9.26 Å². The van der Waals surface area contributed by atoms with Crippen LogP contribution < -0.4 is 9.46 Å². The van der Waals surface area contributed by atoms with Gasteiger partial charge in [-0.2, -0.15) is 4.98 Å². The van der Waals surface area contributed by atoms with E-state index in [0.29, 0.717) is 17.3 Å². The fourth-order valence-corrected chi connectivity index (χ4v) is 4.06. The van der Waals surface area contributed by atoms with Gasteiger partial charge in [-0.05, 0) is 49.2 Å². The first-order valence-corrected chi connectivity index (χ1v) is 11.5. The third kappa shape index (κ3) is 4.77. The number of nitrogens with zero attached hydrogens (tertiary/aromatic N) is 4. The van der Waals surface area contributed by atoms with Gasteiger partial charge in [-0.1, -0.05) is 17.3 Å². The molecule has 0 spiro atoms. The van der Waals surface area contributed by atoms with E-state index in [-0.39, 0.29) is 11.9 Å². The summed E-state index contributed by atoms with van der Waals surface area (Å²) in [5, 5.41) is 4.10. The maximum absolute atomic E-state index is 11.4. The molecular weight excluding hydrogens is 406 g/mol. The predicted molar refractivity (Wildman–Crippen MR) is 111 cm³/mol. The maximum Gasteiger partial charge on any atom is 0.244 e. The molecule has 0 aliphatic carbocycles. The summed E-state index contributed by atoms with van der Waals surface area (Å²) < 4.78 is 36.0. The molecule has 9 nitrogen and oxygen atoms in total. The molecule has 0 amide bonds. The number of nitrogens with one attached hydrogen (secondary N) is 1.